The van der Waals surface area contributed by atoms with Gasteiger partial charge in [0.25, 0.3) is 10.0 Å². The molecule has 0 aliphatic heterocycles. The summed E-state index contributed by atoms with van der Waals surface area (Å²) in [5.74, 6) is 0.143. The first-order valence-corrected chi connectivity index (χ1v) is 7.92. The van der Waals surface area contributed by atoms with Crippen molar-refractivity contribution in [3.8, 4) is 5.75 Å². The van der Waals surface area contributed by atoms with Gasteiger partial charge < -0.3 is 9.15 Å². The quantitative estimate of drug-likeness (QED) is 0.467. The minimum absolute atomic E-state index is 0.00327. The largest absolute Gasteiger partial charge is 0.494 e. The monoisotopic (exact) mass is 339 g/mol. The minimum atomic E-state index is -3.85. The molecule has 23 heavy (non-hydrogen) atoms. The highest BCUT2D eigenvalue weighted by atomic mass is 32.2. The first-order chi connectivity index (χ1) is 10.9. The van der Waals surface area contributed by atoms with Gasteiger partial charge in [-0.25, -0.2) is 0 Å². The third kappa shape index (κ3) is 4.30. The molecular weight excluding hydrogens is 326 g/mol. The van der Waals surface area contributed by atoms with E-state index in [0.717, 1.165) is 12.3 Å². The summed E-state index contributed by atoms with van der Waals surface area (Å²) in [6, 6.07) is 8.24. The average molecular weight is 339 g/mol. The molecule has 1 N–H and O–H groups in total. The summed E-state index contributed by atoms with van der Waals surface area (Å²) >= 11 is 0. The van der Waals surface area contributed by atoms with Crippen molar-refractivity contribution in [1.82, 2.24) is 4.83 Å². The van der Waals surface area contributed by atoms with Crippen LogP contribution in [0.3, 0.4) is 0 Å². The molecule has 0 aliphatic rings. The molecule has 1 aromatic heterocycles. The molecule has 0 unspecified atom stereocenters. The first-order valence-electron chi connectivity index (χ1n) is 6.44. The lowest BCUT2D eigenvalue weighted by molar-refractivity contribution is -0.402. The third-order valence-electron chi connectivity index (χ3n) is 2.60. The first kappa shape index (κ1) is 16.5. The predicted molar refractivity (Wildman–Crippen MR) is 80.9 cm³/mol. The van der Waals surface area contributed by atoms with Crippen molar-refractivity contribution in [2.24, 2.45) is 5.10 Å². The van der Waals surface area contributed by atoms with Crippen LogP contribution in [0.4, 0.5) is 5.88 Å². The number of rotatable bonds is 7. The number of hydrazone groups is 1. The van der Waals surface area contributed by atoms with E-state index in [0.29, 0.717) is 12.4 Å². The molecule has 0 fully saturated rings. The van der Waals surface area contributed by atoms with Crippen LogP contribution in [-0.4, -0.2) is 26.2 Å². The Labute approximate surface area is 131 Å². The van der Waals surface area contributed by atoms with Crippen LogP contribution in [0.15, 0.2) is 50.8 Å². The molecule has 0 saturated carbocycles. The highest BCUT2D eigenvalue weighted by Gasteiger charge is 2.13. The Morgan fingerprint density at radius 3 is 2.57 bits per heavy atom. The molecule has 0 radical (unpaired) electrons. The van der Waals surface area contributed by atoms with Crippen LogP contribution < -0.4 is 9.57 Å². The van der Waals surface area contributed by atoms with Gasteiger partial charge in [0.2, 0.25) is 0 Å². The summed E-state index contributed by atoms with van der Waals surface area (Å²) < 4.78 is 34.0. The van der Waals surface area contributed by atoms with E-state index in [2.05, 4.69) is 5.10 Å². The number of hydrogen-bond donors (Lipinski definition) is 1. The highest BCUT2D eigenvalue weighted by Crippen LogP contribution is 2.16. The summed E-state index contributed by atoms with van der Waals surface area (Å²) in [6.07, 6.45) is 1.03. The SMILES string of the molecule is CCOc1ccc(S(=O)(=O)N/N=C/c2ccc([N+](=O)[O-])o2)cc1. The standard InChI is InChI=1S/C13H13N3O6S/c1-2-21-10-3-6-12(7-4-10)23(19,20)15-14-9-11-5-8-13(22-11)16(17)18/h3-9,15H,2H2,1H3/b14-9+. The molecule has 0 amide bonds. The Kier molecular flexibility index (Phi) is 4.96. The molecule has 1 aromatic carbocycles. The lowest BCUT2D eigenvalue weighted by Crippen LogP contribution is -2.18. The van der Waals surface area contributed by atoms with E-state index in [-0.39, 0.29) is 10.7 Å². The average Bonchev–Trinajstić information content (AvgIpc) is 2.97. The number of nitro groups is 1. The number of furan rings is 1. The molecule has 2 aromatic rings. The molecule has 9 nitrogen and oxygen atoms in total. The number of nitrogens with zero attached hydrogens (tertiary/aromatic N) is 2. The molecule has 2 rings (SSSR count). The summed E-state index contributed by atoms with van der Waals surface area (Å²) in [5.41, 5.74) is 0. The summed E-state index contributed by atoms with van der Waals surface area (Å²) in [5, 5.41) is 14.0. The van der Waals surface area contributed by atoms with Gasteiger partial charge in [0.1, 0.15) is 10.7 Å². The van der Waals surface area contributed by atoms with Crippen molar-refractivity contribution in [3.63, 3.8) is 0 Å². The molecule has 10 heteroatoms. The van der Waals surface area contributed by atoms with Crippen LogP contribution in [0.5, 0.6) is 5.75 Å². The van der Waals surface area contributed by atoms with Gasteiger partial charge >= 0.3 is 5.88 Å². The van der Waals surface area contributed by atoms with Gasteiger partial charge in [0.15, 0.2) is 5.76 Å². The zero-order valence-electron chi connectivity index (χ0n) is 12.0. The lowest BCUT2D eigenvalue weighted by atomic mass is 10.3. The molecule has 0 spiro atoms. The van der Waals surface area contributed by atoms with Crippen LogP contribution in [0, 0.1) is 10.1 Å². The van der Waals surface area contributed by atoms with Crippen molar-refractivity contribution in [2.45, 2.75) is 11.8 Å². The fourth-order valence-electron chi connectivity index (χ4n) is 1.60. The minimum Gasteiger partial charge on any atom is -0.494 e. The van der Waals surface area contributed by atoms with Gasteiger partial charge in [0, 0.05) is 0 Å². The molecule has 0 bridgehead atoms. The van der Waals surface area contributed by atoms with Crippen molar-refractivity contribution in [2.75, 3.05) is 6.61 Å². The van der Waals surface area contributed by atoms with Crippen molar-refractivity contribution in [1.29, 1.82) is 0 Å². The third-order valence-corrected chi connectivity index (χ3v) is 3.84. The Balaban J connectivity index is 2.05. The van der Waals surface area contributed by atoms with Gasteiger partial charge in [-0.1, -0.05) is 0 Å². The van der Waals surface area contributed by atoms with Gasteiger partial charge in [-0.15, -0.1) is 0 Å². The van der Waals surface area contributed by atoms with E-state index in [1.165, 1.54) is 30.3 Å². The van der Waals surface area contributed by atoms with E-state index < -0.39 is 20.8 Å². The summed E-state index contributed by atoms with van der Waals surface area (Å²) in [4.78, 5) is 11.7. The topological polar surface area (TPSA) is 124 Å². The maximum absolute atomic E-state index is 12.0. The molecule has 1 heterocycles. The van der Waals surface area contributed by atoms with Crippen molar-refractivity contribution < 1.29 is 22.5 Å². The van der Waals surface area contributed by atoms with Crippen LogP contribution in [0.25, 0.3) is 0 Å². The van der Waals surface area contributed by atoms with E-state index in [9.17, 15) is 18.5 Å². The Morgan fingerprint density at radius 1 is 1.30 bits per heavy atom. The normalized spacial score (nSPS) is 11.5. The molecule has 0 atom stereocenters. The predicted octanol–water partition coefficient (Wildman–Crippen LogP) is 1.90. The van der Waals surface area contributed by atoms with E-state index in [1.54, 1.807) is 0 Å². The fraction of sp³-hybridized carbons (Fsp3) is 0.154. The second-order valence-corrected chi connectivity index (χ2v) is 5.85. The number of nitrogens with one attached hydrogen (secondary N) is 1. The second-order valence-electron chi connectivity index (χ2n) is 4.19. The number of ether oxygens (including phenoxy) is 1. The Hall–Kier alpha value is -2.88. The molecule has 0 saturated heterocycles. The maximum atomic E-state index is 12.0. The number of sulfonamides is 1. The molecular formula is C13H13N3O6S. The van der Waals surface area contributed by atoms with Crippen molar-refractivity contribution in [3.05, 3.63) is 52.3 Å². The van der Waals surface area contributed by atoms with Crippen molar-refractivity contribution >= 4 is 22.1 Å². The Bertz CT molecular complexity index is 810. The molecule has 0 aliphatic carbocycles. The number of hydrogen-bond acceptors (Lipinski definition) is 7. The van der Waals surface area contributed by atoms with Gasteiger partial charge in [-0.2, -0.15) is 18.4 Å². The summed E-state index contributed by atoms with van der Waals surface area (Å²) in [6.45, 7) is 2.30. The van der Waals surface area contributed by atoms with E-state index in [4.69, 9.17) is 9.15 Å². The fourth-order valence-corrected chi connectivity index (χ4v) is 2.39. The van der Waals surface area contributed by atoms with Crippen LogP contribution in [-0.2, 0) is 10.0 Å². The lowest BCUT2D eigenvalue weighted by Gasteiger charge is -2.05. The smallest absolute Gasteiger partial charge is 0.433 e. The number of benzene rings is 1. The molecule has 122 valence electrons. The van der Waals surface area contributed by atoms with E-state index >= 15 is 0 Å². The summed E-state index contributed by atoms with van der Waals surface area (Å²) in [7, 11) is -3.85. The maximum Gasteiger partial charge on any atom is 0.433 e. The Morgan fingerprint density at radius 2 is 2.00 bits per heavy atom. The van der Waals surface area contributed by atoms with Crippen LogP contribution in [0.1, 0.15) is 12.7 Å². The van der Waals surface area contributed by atoms with Crippen LogP contribution >= 0.6 is 0 Å². The second kappa shape index (κ2) is 6.92. The van der Waals surface area contributed by atoms with Crippen LogP contribution in [0.2, 0.25) is 0 Å². The van der Waals surface area contributed by atoms with E-state index in [1.807, 2.05) is 11.8 Å². The zero-order chi connectivity index (χ0) is 16.9. The van der Waals surface area contributed by atoms with Gasteiger partial charge in [0.05, 0.1) is 23.8 Å². The van der Waals surface area contributed by atoms with Gasteiger partial charge in [-0.05, 0) is 37.3 Å². The zero-order valence-corrected chi connectivity index (χ0v) is 12.8. The highest BCUT2D eigenvalue weighted by molar-refractivity contribution is 7.89. The van der Waals surface area contributed by atoms with Gasteiger partial charge in [-0.3, -0.25) is 10.1 Å².